The molecule has 0 aliphatic heterocycles. The van der Waals surface area contributed by atoms with E-state index in [-0.39, 0.29) is 4.90 Å². The summed E-state index contributed by atoms with van der Waals surface area (Å²) in [6.07, 6.45) is 0. The van der Waals surface area contributed by atoms with Crippen molar-refractivity contribution in [3.8, 4) is 0 Å². The lowest BCUT2D eigenvalue weighted by Crippen LogP contribution is -2.16. The van der Waals surface area contributed by atoms with E-state index < -0.39 is 10.0 Å². The number of benzene rings is 2. The Balaban J connectivity index is 2.46. The molecule has 0 radical (unpaired) electrons. The minimum Gasteiger partial charge on any atom is -0.399 e. The second-order valence-electron chi connectivity index (χ2n) is 4.60. The molecule has 0 bridgehead atoms. The number of nitrogens with two attached hydrogens (primary N) is 1. The Morgan fingerprint density at radius 3 is 2.25 bits per heavy atom. The highest BCUT2D eigenvalue weighted by molar-refractivity contribution is 9.10. The average molecular weight is 355 g/mol. The molecule has 0 fully saturated rings. The molecule has 2 rings (SSSR count). The van der Waals surface area contributed by atoms with E-state index in [1.807, 2.05) is 6.07 Å². The van der Waals surface area contributed by atoms with Gasteiger partial charge in [0.1, 0.15) is 0 Å². The molecule has 0 aliphatic rings. The van der Waals surface area contributed by atoms with Gasteiger partial charge in [0.15, 0.2) is 0 Å². The van der Waals surface area contributed by atoms with E-state index >= 15 is 0 Å². The molecule has 20 heavy (non-hydrogen) atoms. The number of hydrogen-bond acceptors (Lipinski definition) is 3. The predicted molar refractivity (Wildman–Crippen MR) is 85.3 cm³/mol. The summed E-state index contributed by atoms with van der Waals surface area (Å²) in [7, 11) is -3.63. The number of halogens is 1. The molecule has 4 nitrogen and oxygen atoms in total. The van der Waals surface area contributed by atoms with E-state index in [9.17, 15) is 8.42 Å². The van der Waals surface area contributed by atoms with Crippen LogP contribution in [0.3, 0.4) is 0 Å². The third-order valence-corrected chi connectivity index (χ3v) is 5.01. The average Bonchev–Trinajstić information content (AvgIpc) is 2.25. The van der Waals surface area contributed by atoms with Crippen molar-refractivity contribution in [2.45, 2.75) is 18.7 Å². The van der Waals surface area contributed by atoms with Crippen LogP contribution in [0.25, 0.3) is 0 Å². The molecule has 0 aliphatic carbocycles. The Bertz CT molecular complexity index is 735. The minimum atomic E-state index is -3.63. The van der Waals surface area contributed by atoms with Crippen LogP contribution in [0.5, 0.6) is 0 Å². The normalized spacial score (nSPS) is 11.3. The monoisotopic (exact) mass is 354 g/mol. The summed E-state index contributed by atoms with van der Waals surface area (Å²) < 4.78 is 28.4. The molecular formula is C14H15BrN2O2S. The molecule has 0 atom stereocenters. The maximum atomic E-state index is 12.5. The van der Waals surface area contributed by atoms with Crippen LogP contribution >= 0.6 is 15.9 Å². The lowest BCUT2D eigenvalue weighted by atomic mass is 10.1. The maximum Gasteiger partial charge on any atom is 0.262 e. The van der Waals surface area contributed by atoms with Crippen molar-refractivity contribution in [3.05, 3.63) is 52.0 Å². The van der Waals surface area contributed by atoms with Crippen molar-refractivity contribution in [3.63, 3.8) is 0 Å². The molecule has 106 valence electrons. The van der Waals surface area contributed by atoms with Crippen molar-refractivity contribution in [2.75, 3.05) is 10.5 Å². The van der Waals surface area contributed by atoms with Gasteiger partial charge in [0.2, 0.25) is 0 Å². The van der Waals surface area contributed by atoms with Crippen molar-refractivity contribution in [1.82, 2.24) is 0 Å². The third kappa shape index (κ3) is 3.13. The fourth-order valence-corrected chi connectivity index (χ4v) is 4.07. The standard InChI is InChI=1S/C14H15BrN2O2S/c1-9-6-12(16)7-10(2)14(9)20(18,19)17-13-5-3-4-11(15)8-13/h3-8,17H,16H2,1-2H3. The quantitative estimate of drug-likeness (QED) is 0.829. The topological polar surface area (TPSA) is 72.2 Å². The van der Waals surface area contributed by atoms with E-state index in [1.165, 1.54) is 0 Å². The molecule has 0 saturated carbocycles. The Hall–Kier alpha value is -1.53. The Labute approximate surface area is 127 Å². The highest BCUT2D eigenvalue weighted by atomic mass is 79.9. The second-order valence-corrected chi connectivity index (χ2v) is 7.13. The van der Waals surface area contributed by atoms with Crippen LogP contribution in [-0.2, 0) is 10.0 Å². The molecule has 6 heteroatoms. The molecule has 3 N–H and O–H groups in total. The first-order valence-electron chi connectivity index (χ1n) is 5.95. The van der Waals surface area contributed by atoms with Crippen molar-refractivity contribution < 1.29 is 8.42 Å². The summed E-state index contributed by atoms with van der Waals surface area (Å²) in [6.45, 7) is 3.47. The first-order valence-corrected chi connectivity index (χ1v) is 8.22. The van der Waals surface area contributed by atoms with Crippen molar-refractivity contribution >= 4 is 37.3 Å². The number of rotatable bonds is 3. The van der Waals surface area contributed by atoms with Crippen LogP contribution in [-0.4, -0.2) is 8.42 Å². The van der Waals surface area contributed by atoms with E-state index in [0.717, 1.165) is 4.47 Å². The summed E-state index contributed by atoms with van der Waals surface area (Å²) in [4.78, 5) is 0.270. The fraction of sp³-hybridized carbons (Fsp3) is 0.143. The van der Waals surface area contributed by atoms with E-state index in [2.05, 4.69) is 20.7 Å². The summed E-state index contributed by atoms with van der Waals surface area (Å²) in [6, 6.07) is 10.3. The molecule has 0 heterocycles. The molecule has 0 unspecified atom stereocenters. The van der Waals surface area contributed by atoms with Gasteiger partial charge in [-0.2, -0.15) is 0 Å². The Morgan fingerprint density at radius 2 is 1.70 bits per heavy atom. The van der Waals surface area contributed by atoms with Crippen LogP contribution in [0.4, 0.5) is 11.4 Å². The molecule has 0 amide bonds. The van der Waals surface area contributed by atoms with Crippen molar-refractivity contribution in [2.24, 2.45) is 0 Å². The predicted octanol–water partition coefficient (Wildman–Crippen LogP) is 3.45. The van der Waals surface area contributed by atoms with Crippen LogP contribution < -0.4 is 10.5 Å². The summed E-state index contributed by atoms with van der Waals surface area (Å²) in [5.74, 6) is 0. The van der Waals surface area contributed by atoms with Crippen LogP contribution in [0.1, 0.15) is 11.1 Å². The third-order valence-electron chi connectivity index (χ3n) is 2.83. The van der Waals surface area contributed by atoms with Crippen molar-refractivity contribution in [1.29, 1.82) is 0 Å². The minimum absolute atomic E-state index is 0.270. The first-order chi connectivity index (χ1) is 9.29. The summed E-state index contributed by atoms with van der Waals surface area (Å²) in [5.41, 5.74) is 8.05. The molecule has 0 aromatic heterocycles. The Kier molecular flexibility index (Phi) is 4.06. The molecule has 0 saturated heterocycles. The highest BCUT2D eigenvalue weighted by Gasteiger charge is 2.20. The lowest BCUT2D eigenvalue weighted by Gasteiger charge is -2.13. The first kappa shape index (κ1) is 14.9. The number of anilines is 2. The maximum absolute atomic E-state index is 12.5. The zero-order valence-electron chi connectivity index (χ0n) is 11.1. The zero-order valence-corrected chi connectivity index (χ0v) is 13.5. The van der Waals surface area contributed by atoms with Gasteiger partial charge in [0, 0.05) is 15.8 Å². The van der Waals surface area contributed by atoms with E-state index in [0.29, 0.717) is 22.5 Å². The molecule has 2 aromatic carbocycles. The molecule has 0 spiro atoms. The summed E-state index contributed by atoms with van der Waals surface area (Å²) in [5, 5.41) is 0. The number of nitrogen functional groups attached to an aromatic ring is 1. The zero-order chi connectivity index (χ0) is 14.9. The number of sulfonamides is 1. The lowest BCUT2D eigenvalue weighted by molar-refractivity contribution is 0.600. The smallest absolute Gasteiger partial charge is 0.262 e. The fourth-order valence-electron chi connectivity index (χ4n) is 2.17. The van der Waals surface area contributed by atoms with Crippen LogP contribution in [0.2, 0.25) is 0 Å². The van der Waals surface area contributed by atoms with Gasteiger partial charge in [-0.3, -0.25) is 4.72 Å². The van der Waals surface area contributed by atoms with Gasteiger partial charge in [0.25, 0.3) is 10.0 Å². The largest absolute Gasteiger partial charge is 0.399 e. The van der Waals surface area contributed by atoms with Gasteiger partial charge in [-0.15, -0.1) is 0 Å². The molecular weight excluding hydrogens is 340 g/mol. The van der Waals surface area contributed by atoms with E-state index in [1.54, 1.807) is 44.2 Å². The second kappa shape index (κ2) is 5.46. The summed E-state index contributed by atoms with van der Waals surface area (Å²) >= 11 is 3.31. The SMILES string of the molecule is Cc1cc(N)cc(C)c1S(=O)(=O)Nc1cccc(Br)c1. The van der Waals surface area contributed by atoms with Crippen LogP contribution in [0.15, 0.2) is 45.8 Å². The van der Waals surface area contributed by atoms with Gasteiger partial charge in [-0.05, 0) is 55.3 Å². The molecule has 2 aromatic rings. The highest BCUT2D eigenvalue weighted by Crippen LogP contribution is 2.26. The Morgan fingerprint density at radius 1 is 1.10 bits per heavy atom. The van der Waals surface area contributed by atoms with Gasteiger partial charge in [-0.1, -0.05) is 22.0 Å². The van der Waals surface area contributed by atoms with Gasteiger partial charge in [-0.25, -0.2) is 8.42 Å². The van der Waals surface area contributed by atoms with E-state index in [4.69, 9.17) is 5.73 Å². The number of aryl methyl sites for hydroxylation is 2. The van der Waals surface area contributed by atoms with Gasteiger partial charge < -0.3 is 5.73 Å². The van der Waals surface area contributed by atoms with Gasteiger partial charge >= 0.3 is 0 Å². The van der Waals surface area contributed by atoms with Crippen LogP contribution in [0, 0.1) is 13.8 Å². The van der Waals surface area contributed by atoms with Gasteiger partial charge in [0.05, 0.1) is 4.90 Å². The number of hydrogen-bond donors (Lipinski definition) is 2. The number of nitrogens with one attached hydrogen (secondary N) is 1.